The number of aryl methyl sites for hydroxylation is 1. The minimum atomic E-state index is -3.07. The molecule has 1 aliphatic rings. The van der Waals surface area contributed by atoms with E-state index in [1.165, 1.54) is 0 Å². The summed E-state index contributed by atoms with van der Waals surface area (Å²) in [6, 6.07) is 3.89. The van der Waals surface area contributed by atoms with Crippen molar-refractivity contribution in [2.75, 3.05) is 18.1 Å². The molecule has 1 atom stereocenters. The van der Waals surface area contributed by atoms with Crippen molar-refractivity contribution in [2.45, 2.75) is 25.8 Å². The van der Waals surface area contributed by atoms with Crippen molar-refractivity contribution in [3.8, 4) is 5.75 Å². The van der Waals surface area contributed by atoms with E-state index in [4.69, 9.17) is 4.74 Å². The van der Waals surface area contributed by atoms with Crippen LogP contribution in [0.2, 0.25) is 0 Å². The van der Waals surface area contributed by atoms with Crippen LogP contribution >= 0.6 is 22.7 Å². The lowest BCUT2D eigenvalue weighted by Crippen LogP contribution is -2.48. The molecular weight excluding hydrogens is 392 g/mol. The number of rotatable bonds is 4. The third-order valence-corrected chi connectivity index (χ3v) is 8.21. The first-order valence-corrected chi connectivity index (χ1v) is 11.7. The Morgan fingerprint density at radius 2 is 2.27 bits per heavy atom. The van der Waals surface area contributed by atoms with Gasteiger partial charge < -0.3 is 10.1 Å². The van der Waals surface area contributed by atoms with E-state index in [2.05, 4.69) is 10.3 Å². The van der Waals surface area contributed by atoms with E-state index in [0.717, 1.165) is 25.3 Å². The van der Waals surface area contributed by atoms with Gasteiger partial charge in [0.05, 0.1) is 37.0 Å². The van der Waals surface area contributed by atoms with Gasteiger partial charge in [-0.3, -0.25) is 4.79 Å². The van der Waals surface area contributed by atoms with Gasteiger partial charge in [-0.05, 0) is 31.7 Å². The van der Waals surface area contributed by atoms with Gasteiger partial charge in [-0.1, -0.05) is 0 Å². The predicted octanol–water partition coefficient (Wildman–Crippen LogP) is 2.89. The molecule has 1 N–H and O–H groups in total. The van der Waals surface area contributed by atoms with Crippen molar-refractivity contribution in [1.82, 2.24) is 10.3 Å². The molecule has 3 aromatic rings. The van der Waals surface area contributed by atoms with Crippen LogP contribution in [0.25, 0.3) is 20.3 Å². The van der Waals surface area contributed by atoms with Crippen LogP contribution in [0, 0.1) is 6.92 Å². The molecule has 3 heterocycles. The fourth-order valence-electron chi connectivity index (χ4n) is 3.33. The first-order valence-electron chi connectivity index (χ1n) is 8.16. The number of carbonyl (C=O) groups is 1. The van der Waals surface area contributed by atoms with E-state index >= 15 is 0 Å². The maximum Gasteiger partial charge on any atom is 0.258 e. The zero-order valence-corrected chi connectivity index (χ0v) is 16.8. The van der Waals surface area contributed by atoms with Crippen LogP contribution < -0.4 is 10.1 Å². The first-order chi connectivity index (χ1) is 12.2. The molecule has 1 saturated heterocycles. The molecule has 0 saturated carbocycles. The molecule has 6 nitrogen and oxygen atoms in total. The van der Waals surface area contributed by atoms with E-state index < -0.39 is 15.4 Å². The second-order valence-electron chi connectivity index (χ2n) is 6.86. The van der Waals surface area contributed by atoms with Crippen molar-refractivity contribution in [2.24, 2.45) is 0 Å². The number of aromatic nitrogens is 1. The maximum atomic E-state index is 12.3. The fraction of sp³-hybridized carbons (Fsp3) is 0.412. The number of amides is 1. The lowest BCUT2D eigenvalue weighted by Gasteiger charge is -2.23. The number of thiophene rings is 1. The minimum Gasteiger partial charge on any atom is -0.483 e. The van der Waals surface area contributed by atoms with Crippen LogP contribution in [0.3, 0.4) is 0 Å². The second kappa shape index (κ2) is 6.17. The number of nitrogens with zero attached hydrogens (tertiary/aromatic N) is 1. The Hall–Kier alpha value is -1.71. The van der Waals surface area contributed by atoms with Crippen molar-refractivity contribution in [3.63, 3.8) is 0 Å². The van der Waals surface area contributed by atoms with E-state index in [9.17, 15) is 13.2 Å². The highest BCUT2D eigenvalue weighted by Gasteiger charge is 2.39. The monoisotopic (exact) mass is 410 g/mol. The molecule has 2 aromatic heterocycles. The molecule has 1 fully saturated rings. The zero-order valence-electron chi connectivity index (χ0n) is 14.4. The number of ether oxygens (including phenoxy) is 1. The maximum absolute atomic E-state index is 12.3. The lowest BCUT2D eigenvalue weighted by atomic mass is 10.0. The minimum absolute atomic E-state index is 0.0212. The Bertz CT molecular complexity index is 1120. The third kappa shape index (κ3) is 3.30. The average Bonchev–Trinajstić information content (AvgIpc) is 3.21. The molecular formula is C17H18N2O4S3. The SMILES string of the molecule is Cc1nc2c(cc(OCC(=O)N[C@@]3(C)CCS(=O)(=O)C3)c3ccsc32)s1. The highest BCUT2D eigenvalue weighted by atomic mass is 32.2. The number of hydrogen-bond acceptors (Lipinski definition) is 7. The van der Waals surface area contributed by atoms with Gasteiger partial charge in [-0.2, -0.15) is 0 Å². The van der Waals surface area contributed by atoms with Gasteiger partial charge in [0.2, 0.25) is 0 Å². The van der Waals surface area contributed by atoms with Crippen molar-refractivity contribution >= 4 is 58.7 Å². The summed E-state index contributed by atoms with van der Waals surface area (Å²) < 4.78 is 31.2. The molecule has 138 valence electrons. The molecule has 0 unspecified atom stereocenters. The van der Waals surface area contributed by atoms with Gasteiger partial charge in [0.15, 0.2) is 16.4 Å². The average molecular weight is 411 g/mol. The van der Waals surface area contributed by atoms with Crippen LogP contribution in [-0.2, 0) is 14.6 Å². The summed E-state index contributed by atoms with van der Waals surface area (Å²) in [5.41, 5.74) is 0.258. The molecule has 0 aliphatic carbocycles. The van der Waals surface area contributed by atoms with Crippen LogP contribution in [-0.4, -0.2) is 43.0 Å². The zero-order chi connectivity index (χ0) is 18.5. The topological polar surface area (TPSA) is 85.4 Å². The Morgan fingerprint density at radius 1 is 1.46 bits per heavy atom. The highest BCUT2D eigenvalue weighted by Crippen LogP contribution is 2.38. The molecule has 1 aliphatic heterocycles. The Morgan fingerprint density at radius 3 is 3.00 bits per heavy atom. The van der Waals surface area contributed by atoms with Crippen molar-refractivity contribution in [3.05, 3.63) is 22.5 Å². The van der Waals surface area contributed by atoms with Gasteiger partial charge >= 0.3 is 0 Å². The van der Waals surface area contributed by atoms with E-state index in [1.54, 1.807) is 29.6 Å². The Balaban J connectivity index is 1.52. The van der Waals surface area contributed by atoms with Gasteiger partial charge in [0.1, 0.15) is 5.75 Å². The lowest BCUT2D eigenvalue weighted by molar-refractivity contribution is -0.124. The standard InChI is InChI=1S/C17H18N2O4S3/c1-10-18-15-13(25-10)7-12(11-3-5-24-16(11)15)23-8-14(20)19-17(2)4-6-26(21,22)9-17/h3,5,7H,4,6,8-9H2,1-2H3,(H,19,20)/t17-/m0/s1. The quantitative estimate of drug-likeness (QED) is 0.715. The van der Waals surface area contributed by atoms with Crippen LogP contribution in [0.15, 0.2) is 17.5 Å². The third-order valence-electron chi connectivity index (χ3n) is 4.47. The molecule has 1 amide bonds. The number of carbonyl (C=O) groups excluding carboxylic acids is 1. The normalized spacial score (nSPS) is 22.1. The number of benzene rings is 1. The summed E-state index contributed by atoms with van der Waals surface area (Å²) in [7, 11) is -3.07. The first kappa shape index (κ1) is 17.7. The smallest absolute Gasteiger partial charge is 0.258 e. The van der Waals surface area contributed by atoms with Crippen molar-refractivity contribution < 1.29 is 17.9 Å². The molecule has 26 heavy (non-hydrogen) atoms. The molecule has 0 spiro atoms. The number of sulfone groups is 1. The largest absolute Gasteiger partial charge is 0.483 e. The molecule has 9 heteroatoms. The van der Waals surface area contributed by atoms with Gasteiger partial charge in [-0.25, -0.2) is 13.4 Å². The number of hydrogen-bond donors (Lipinski definition) is 1. The molecule has 1 aromatic carbocycles. The number of nitrogens with one attached hydrogen (secondary N) is 1. The Kier molecular flexibility index (Phi) is 4.20. The number of thiazole rings is 1. The van der Waals surface area contributed by atoms with E-state index in [-0.39, 0.29) is 24.0 Å². The van der Waals surface area contributed by atoms with Gasteiger partial charge in [0.25, 0.3) is 5.91 Å². The Labute approximate surface area is 159 Å². The van der Waals surface area contributed by atoms with Crippen molar-refractivity contribution in [1.29, 1.82) is 0 Å². The summed E-state index contributed by atoms with van der Waals surface area (Å²) in [6.07, 6.45) is 0.432. The van der Waals surface area contributed by atoms with Gasteiger partial charge in [0, 0.05) is 11.5 Å². The van der Waals surface area contributed by atoms with Crippen LogP contribution in [0.4, 0.5) is 0 Å². The molecule has 0 radical (unpaired) electrons. The van der Waals surface area contributed by atoms with Gasteiger partial charge in [-0.15, -0.1) is 22.7 Å². The van der Waals surface area contributed by atoms with Crippen LogP contribution in [0.5, 0.6) is 5.75 Å². The predicted molar refractivity (Wildman–Crippen MR) is 105 cm³/mol. The molecule has 4 rings (SSSR count). The number of fused-ring (bicyclic) bond motifs is 3. The van der Waals surface area contributed by atoms with E-state index in [1.807, 2.05) is 24.4 Å². The second-order valence-corrected chi connectivity index (χ2v) is 11.2. The summed E-state index contributed by atoms with van der Waals surface area (Å²) in [6.45, 7) is 3.58. The fourth-order valence-corrected chi connectivity index (χ4v) is 7.26. The summed E-state index contributed by atoms with van der Waals surface area (Å²) >= 11 is 3.19. The summed E-state index contributed by atoms with van der Waals surface area (Å²) in [4.78, 5) is 16.9. The van der Waals surface area contributed by atoms with E-state index in [0.29, 0.717) is 12.2 Å². The highest BCUT2D eigenvalue weighted by molar-refractivity contribution is 7.91. The molecule has 0 bridgehead atoms. The summed E-state index contributed by atoms with van der Waals surface area (Å²) in [5.74, 6) is 0.430. The van der Waals surface area contributed by atoms with Crippen LogP contribution in [0.1, 0.15) is 18.4 Å². The summed E-state index contributed by atoms with van der Waals surface area (Å²) in [5, 5.41) is 6.72.